The summed E-state index contributed by atoms with van der Waals surface area (Å²) in [7, 11) is 1.36. The van der Waals surface area contributed by atoms with Gasteiger partial charge in [0.15, 0.2) is 0 Å². The monoisotopic (exact) mass is 263 g/mol. The van der Waals surface area contributed by atoms with Crippen molar-refractivity contribution in [2.24, 2.45) is 5.41 Å². The van der Waals surface area contributed by atoms with Crippen molar-refractivity contribution < 1.29 is 9.53 Å². The lowest BCUT2D eigenvalue weighted by molar-refractivity contribution is 0.0601. The molecule has 1 fully saturated rings. The number of carbonyl (C=O) groups is 1. The summed E-state index contributed by atoms with van der Waals surface area (Å²) in [6, 6.07) is 1.91. The van der Waals surface area contributed by atoms with Crippen LogP contribution in [0, 0.1) is 5.41 Å². The molecule has 1 saturated carbocycles. The van der Waals surface area contributed by atoms with E-state index in [2.05, 4.69) is 24.1 Å². The number of hydrogen-bond acceptors (Lipinski definition) is 5. The number of pyridine rings is 1. The first kappa shape index (κ1) is 13.6. The molecule has 1 aliphatic rings. The van der Waals surface area contributed by atoms with Crippen molar-refractivity contribution in [2.45, 2.75) is 39.2 Å². The first-order valence-electron chi connectivity index (χ1n) is 6.54. The molecule has 1 heterocycles. The zero-order chi connectivity index (χ0) is 14.0. The van der Waals surface area contributed by atoms with Crippen molar-refractivity contribution in [1.29, 1.82) is 0 Å². The second kappa shape index (κ2) is 5.07. The summed E-state index contributed by atoms with van der Waals surface area (Å²) in [6.45, 7) is 4.46. The van der Waals surface area contributed by atoms with Gasteiger partial charge in [0.1, 0.15) is 11.4 Å². The van der Waals surface area contributed by atoms with Gasteiger partial charge in [0, 0.05) is 6.04 Å². The number of nitrogens with two attached hydrogens (primary N) is 1. The summed E-state index contributed by atoms with van der Waals surface area (Å²) in [5, 5.41) is 3.37. The Labute approximate surface area is 113 Å². The number of carbonyl (C=O) groups excluding carboxylic acids is 1. The summed E-state index contributed by atoms with van der Waals surface area (Å²) >= 11 is 0. The van der Waals surface area contributed by atoms with Gasteiger partial charge in [-0.3, -0.25) is 0 Å². The van der Waals surface area contributed by atoms with E-state index in [0.717, 1.165) is 6.42 Å². The van der Waals surface area contributed by atoms with Crippen LogP contribution in [-0.2, 0) is 4.74 Å². The Morgan fingerprint density at radius 3 is 2.89 bits per heavy atom. The maximum Gasteiger partial charge on any atom is 0.341 e. The minimum absolute atomic E-state index is 0.205. The van der Waals surface area contributed by atoms with Gasteiger partial charge in [-0.05, 0) is 24.3 Å². The first-order valence-corrected chi connectivity index (χ1v) is 6.54. The SMILES string of the molecule is COC(=O)c1cc(N)cnc1NC1CCCC1(C)C. The maximum atomic E-state index is 11.8. The van der Waals surface area contributed by atoms with E-state index in [9.17, 15) is 4.79 Å². The number of nitrogens with zero attached hydrogens (tertiary/aromatic N) is 1. The van der Waals surface area contributed by atoms with Crippen molar-refractivity contribution in [3.63, 3.8) is 0 Å². The zero-order valence-corrected chi connectivity index (χ0v) is 11.7. The molecule has 1 unspecified atom stereocenters. The van der Waals surface area contributed by atoms with Crippen LogP contribution in [0.4, 0.5) is 11.5 Å². The van der Waals surface area contributed by atoms with Gasteiger partial charge in [0.25, 0.3) is 0 Å². The summed E-state index contributed by atoms with van der Waals surface area (Å²) in [5.41, 5.74) is 6.74. The molecule has 1 atom stereocenters. The third kappa shape index (κ3) is 2.80. The van der Waals surface area contributed by atoms with Gasteiger partial charge in [0.2, 0.25) is 0 Å². The summed E-state index contributed by atoms with van der Waals surface area (Å²) < 4.78 is 4.77. The lowest BCUT2D eigenvalue weighted by Crippen LogP contribution is -2.32. The van der Waals surface area contributed by atoms with Crippen LogP contribution in [0.25, 0.3) is 0 Å². The number of nitrogens with one attached hydrogen (secondary N) is 1. The molecule has 0 radical (unpaired) electrons. The molecular formula is C14H21N3O2. The highest BCUT2D eigenvalue weighted by Gasteiger charge is 2.35. The van der Waals surface area contributed by atoms with E-state index in [4.69, 9.17) is 10.5 Å². The number of nitrogen functional groups attached to an aromatic ring is 1. The Hall–Kier alpha value is -1.78. The molecule has 0 aromatic carbocycles. The Morgan fingerprint density at radius 1 is 1.58 bits per heavy atom. The fourth-order valence-electron chi connectivity index (χ4n) is 2.62. The molecule has 104 valence electrons. The average molecular weight is 263 g/mol. The van der Waals surface area contributed by atoms with Gasteiger partial charge < -0.3 is 15.8 Å². The molecule has 1 aliphatic carbocycles. The van der Waals surface area contributed by atoms with Crippen molar-refractivity contribution >= 4 is 17.5 Å². The number of methoxy groups -OCH3 is 1. The van der Waals surface area contributed by atoms with Crippen LogP contribution in [0.1, 0.15) is 43.5 Å². The molecule has 3 N–H and O–H groups in total. The maximum absolute atomic E-state index is 11.8. The van der Waals surface area contributed by atoms with Crippen molar-refractivity contribution in [2.75, 3.05) is 18.2 Å². The Bertz CT molecular complexity index is 486. The third-order valence-electron chi connectivity index (χ3n) is 3.88. The van der Waals surface area contributed by atoms with Gasteiger partial charge in [-0.25, -0.2) is 9.78 Å². The zero-order valence-electron chi connectivity index (χ0n) is 11.7. The standard InChI is InChI=1S/C14H21N3O2/c1-14(2)6-4-5-11(14)17-12-10(13(18)19-3)7-9(15)8-16-12/h7-8,11H,4-6,15H2,1-3H3,(H,16,17). The molecule has 0 spiro atoms. The third-order valence-corrected chi connectivity index (χ3v) is 3.88. The van der Waals surface area contributed by atoms with Crippen LogP contribution in [0.5, 0.6) is 0 Å². The summed E-state index contributed by atoms with van der Waals surface area (Å²) in [5.74, 6) is 0.138. The molecule has 5 nitrogen and oxygen atoms in total. The molecule has 1 aromatic heterocycles. The van der Waals surface area contributed by atoms with Crippen molar-refractivity contribution in [1.82, 2.24) is 4.98 Å². The summed E-state index contributed by atoms with van der Waals surface area (Å²) in [6.07, 6.45) is 5.00. The van der Waals surface area contributed by atoms with E-state index >= 15 is 0 Å². The van der Waals surface area contributed by atoms with E-state index in [1.54, 1.807) is 12.3 Å². The average Bonchev–Trinajstić information content (AvgIpc) is 2.70. The number of ether oxygens (including phenoxy) is 1. The van der Waals surface area contributed by atoms with Crippen LogP contribution in [0.2, 0.25) is 0 Å². The highest BCUT2D eigenvalue weighted by atomic mass is 16.5. The predicted octanol–water partition coefficient (Wildman–Crippen LogP) is 2.44. The molecule has 0 amide bonds. The van der Waals surface area contributed by atoms with Gasteiger partial charge >= 0.3 is 5.97 Å². The fourth-order valence-corrected chi connectivity index (χ4v) is 2.62. The van der Waals surface area contributed by atoms with Crippen LogP contribution >= 0.6 is 0 Å². The Kier molecular flexibility index (Phi) is 3.64. The van der Waals surface area contributed by atoms with Gasteiger partial charge in [0.05, 0.1) is 19.0 Å². The summed E-state index contributed by atoms with van der Waals surface area (Å²) in [4.78, 5) is 16.0. The van der Waals surface area contributed by atoms with Crippen LogP contribution in [-0.4, -0.2) is 24.1 Å². The van der Waals surface area contributed by atoms with Crippen LogP contribution < -0.4 is 11.1 Å². The molecule has 0 aliphatic heterocycles. The molecule has 0 bridgehead atoms. The van der Waals surface area contributed by atoms with E-state index in [1.807, 2.05) is 0 Å². The largest absolute Gasteiger partial charge is 0.465 e. The predicted molar refractivity (Wildman–Crippen MR) is 75.0 cm³/mol. The molecule has 0 saturated heterocycles. The number of rotatable bonds is 3. The molecule has 5 heteroatoms. The second-order valence-electron chi connectivity index (χ2n) is 5.73. The lowest BCUT2D eigenvalue weighted by Gasteiger charge is -2.28. The quantitative estimate of drug-likeness (QED) is 0.819. The molecule has 2 rings (SSSR count). The van der Waals surface area contributed by atoms with E-state index < -0.39 is 5.97 Å². The van der Waals surface area contributed by atoms with Gasteiger partial charge in [-0.2, -0.15) is 0 Å². The fraction of sp³-hybridized carbons (Fsp3) is 0.571. The molecule has 1 aromatic rings. The lowest BCUT2D eigenvalue weighted by atomic mass is 9.87. The van der Waals surface area contributed by atoms with Crippen molar-refractivity contribution in [3.05, 3.63) is 17.8 Å². The highest BCUT2D eigenvalue weighted by molar-refractivity contribution is 5.95. The van der Waals surface area contributed by atoms with E-state index in [-0.39, 0.29) is 5.41 Å². The van der Waals surface area contributed by atoms with Crippen LogP contribution in [0.3, 0.4) is 0 Å². The molecule has 19 heavy (non-hydrogen) atoms. The minimum Gasteiger partial charge on any atom is -0.465 e. The number of esters is 1. The number of hydrogen-bond donors (Lipinski definition) is 2. The topological polar surface area (TPSA) is 77.2 Å². The van der Waals surface area contributed by atoms with Crippen LogP contribution in [0.15, 0.2) is 12.3 Å². The smallest absolute Gasteiger partial charge is 0.341 e. The highest BCUT2D eigenvalue weighted by Crippen LogP contribution is 2.39. The van der Waals surface area contributed by atoms with Gasteiger partial charge in [-0.15, -0.1) is 0 Å². The number of anilines is 2. The van der Waals surface area contributed by atoms with Crippen molar-refractivity contribution in [3.8, 4) is 0 Å². The van der Waals surface area contributed by atoms with E-state index in [0.29, 0.717) is 23.1 Å². The second-order valence-corrected chi connectivity index (χ2v) is 5.73. The van der Waals surface area contributed by atoms with E-state index in [1.165, 1.54) is 20.0 Å². The Morgan fingerprint density at radius 2 is 2.32 bits per heavy atom. The van der Waals surface area contributed by atoms with Gasteiger partial charge in [-0.1, -0.05) is 20.3 Å². The normalized spacial score (nSPS) is 21.1. The Balaban J connectivity index is 2.27. The molecular weight excluding hydrogens is 242 g/mol. The number of aromatic nitrogens is 1. The minimum atomic E-state index is -0.418. The first-order chi connectivity index (χ1) is 8.94.